The van der Waals surface area contributed by atoms with E-state index < -0.39 is 0 Å². The molecule has 16 rings (SSSR count). The van der Waals surface area contributed by atoms with Gasteiger partial charge in [-0.3, -0.25) is 0 Å². The zero-order chi connectivity index (χ0) is 53.3. The van der Waals surface area contributed by atoms with Gasteiger partial charge in [-0.15, -0.1) is 0 Å². The summed E-state index contributed by atoms with van der Waals surface area (Å²) in [5.74, 6) is -1.35. The van der Waals surface area contributed by atoms with Crippen molar-refractivity contribution in [3.05, 3.63) is 283 Å². The van der Waals surface area contributed by atoms with Gasteiger partial charge in [0.05, 0.1) is 22.6 Å². The number of fused-ring (bicyclic) bond motifs is 8. The molecule has 0 aliphatic heterocycles. The Morgan fingerprint density at radius 3 is 1.25 bits per heavy atom. The number of nitrogens with zero attached hydrogens (tertiary/aromatic N) is 1. The van der Waals surface area contributed by atoms with E-state index in [0.29, 0.717) is 44.8 Å². The zero-order valence-electron chi connectivity index (χ0n) is 42.1. The van der Waals surface area contributed by atoms with Crippen molar-refractivity contribution in [2.75, 3.05) is 0 Å². The quantitative estimate of drug-likeness (QED) is 0.166. The van der Waals surface area contributed by atoms with Gasteiger partial charge < -0.3 is 9.55 Å². The lowest BCUT2D eigenvalue weighted by molar-refractivity contribution is 0.628. The summed E-state index contributed by atoms with van der Waals surface area (Å²) in [5, 5.41) is 6.67. The molecule has 0 bridgehead atoms. The van der Waals surface area contributed by atoms with E-state index in [0.717, 1.165) is 32.9 Å². The number of benzene rings is 12. The third kappa shape index (κ3) is 8.07. The Morgan fingerprint density at radius 1 is 0.300 bits per heavy atom. The number of rotatable bonds is 5. The number of hydrogen-bond acceptors (Lipinski definition) is 0. The Morgan fingerprint density at radius 2 is 0.688 bits per heavy atom. The highest BCUT2D eigenvalue weighted by Gasteiger charge is 2.29. The molecule has 0 unspecified atom stereocenters. The summed E-state index contributed by atoms with van der Waals surface area (Å²) in [6.07, 6.45) is 0. The van der Waals surface area contributed by atoms with Gasteiger partial charge in [0.1, 0.15) is 23.3 Å². The fourth-order valence-corrected chi connectivity index (χ4v) is 12.5. The van der Waals surface area contributed by atoms with Crippen molar-refractivity contribution in [3.8, 4) is 95.0 Å². The SMILES string of the molecule is Brc1ccc2c3c(cccc13)-c1ccccc1-2.C.Fc1ccccc1-c1[nH]c2ccccc2c1-c1ccccc1F.Fc1ccccc1-c1c(-c2ccccc2F)n(-c2ccc3c4c(cccc24)-c2ccccc2-3)c2ccccc12. The summed E-state index contributed by atoms with van der Waals surface area (Å²) >= 11 is 3.64. The van der Waals surface area contributed by atoms with Crippen LogP contribution in [0.3, 0.4) is 0 Å². The van der Waals surface area contributed by atoms with Crippen LogP contribution in [0.4, 0.5) is 17.6 Å². The van der Waals surface area contributed by atoms with Gasteiger partial charge in [0.15, 0.2) is 0 Å². The second-order valence-electron chi connectivity index (χ2n) is 19.7. The lowest BCUT2D eigenvalue weighted by Crippen LogP contribution is -2.00. The molecule has 1 N–H and O–H groups in total. The van der Waals surface area contributed by atoms with Crippen LogP contribution in [0.15, 0.2) is 259 Å². The molecule has 7 heteroatoms. The van der Waals surface area contributed by atoms with Gasteiger partial charge in [-0.05, 0) is 121 Å². The molecule has 0 saturated heterocycles. The number of para-hydroxylation sites is 2. The normalized spacial score (nSPS) is 11.5. The first-order valence-corrected chi connectivity index (χ1v) is 26.8. The number of aromatic nitrogens is 2. The first-order chi connectivity index (χ1) is 38.8. The van der Waals surface area contributed by atoms with Crippen LogP contribution in [-0.4, -0.2) is 9.55 Å². The average Bonchev–Trinajstić information content (AvgIpc) is 4.39. The minimum absolute atomic E-state index is 0. The Hall–Kier alpha value is -9.56. The van der Waals surface area contributed by atoms with Gasteiger partial charge >= 0.3 is 0 Å². The van der Waals surface area contributed by atoms with Crippen molar-refractivity contribution in [1.29, 1.82) is 0 Å². The van der Waals surface area contributed by atoms with E-state index in [1.807, 2.05) is 60.7 Å². The molecule has 2 aromatic heterocycles. The summed E-state index contributed by atoms with van der Waals surface area (Å²) in [4.78, 5) is 3.24. The first-order valence-electron chi connectivity index (χ1n) is 26.0. The van der Waals surface area contributed by atoms with Gasteiger partial charge in [-0.25, -0.2) is 17.6 Å². The minimum atomic E-state index is -0.350. The van der Waals surface area contributed by atoms with Crippen LogP contribution in [0, 0.1) is 23.3 Å². The maximum atomic E-state index is 15.6. The number of H-pyrrole nitrogens is 1. The number of hydrogen-bond donors (Lipinski definition) is 1. The summed E-state index contributed by atoms with van der Waals surface area (Å²) in [6, 6.07) is 80.8. The number of halogens is 5. The molecule has 0 amide bonds. The van der Waals surface area contributed by atoms with Gasteiger partial charge in [0.25, 0.3) is 0 Å². The topological polar surface area (TPSA) is 20.7 Å². The van der Waals surface area contributed by atoms with Gasteiger partial charge in [-0.2, -0.15) is 0 Å². The number of aromatic amines is 1. The molecule has 2 aliphatic rings. The molecular formula is C73H47BrF4N2. The van der Waals surface area contributed by atoms with Crippen LogP contribution in [0.2, 0.25) is 0 Å². The van der Waals surface area contributed by atoms with E-state index in [4.69, 9.17) is 0 Å². The van der Waals surface area contributed by atoms with Crippen LogP contribution in [0.1, 0.15) is 7.43 Å². The van der Waals surface area contributed by atoms with Crippen molar-refractivity contribution in [3.63, 3.8) is 0 Å². The maximum absolute atomic E-state index is 15.6. The molecular weight excluding hydrogens is 1060 g/mol. The van der Waals surface area contributed by atoms with Crippen molar-refractivity contribution < 1.29 is 17.6 Å². The highest BCUT2D eigenvalue weighted by molar-refractivity contribution is 9.10. The zero-order valence-corrected chi connectivity index (χ0v) is 43.7. The van der Waals surface area contributed by atoms with Crippen LogP contribution in [0.5, 0.6) is 0 Å². The molecule has 0 spiro atoms. The monoisotopic (exact) mass is 1110 g/mol. The Balaban J connectivity index is 0.000000125. The molecule has 2 heterocycles. The standard InChI is InChI=1S/C36H21F2N.C20H13F2N.C16H9Br.CH4/c37-30-17-6-3-12-26(30)35-29-14-5-8-19-32(29)39(36(35)27-13-4-7-18-31(27)38)33-21-20-25-23-11-2-1-10-22(23)24-15-9-16-28(33)34(24)25;21-16-10-4-1-7-13(16)19-15-9-3-6-12-18(15)23-20(19)14-8-2-5-11-17(14)22;17-15-9-8-13-11-5-2-1-4-10(11)12-6-3-7-14(15)16(12)13;/h1-21H;1-12,23H;1-9H;1H4. The van der Waals surface area contributed by atoms with Crippen molar-refractivity contribution in [2.24, 2.45) is 0 Å². The molecule has 2 nitrogen and oxygen atoms in total. The molecule has 2 aliphatic carbocycles. The van der Waals surface area contributed by atoms with Crippen LogP contribution in [0.25, 0.3) is 138 Å². The van der Waals surface area contributed by atoms with Crippen LogP contribution < -0.4 is 0 Å². The summed E-state index contributed by atoms with van der Waals surface area (Å²) in [6.45, 7) is 0. The van der Waals surface area contributed by atoms with E-state index in [1.54, 1.807) is 60.7 Å². The predicted molar refractivity (Wildman–Crippen MR) is 328 cm³/mol. The molecule has 0 saturated carbocycles. The smallest absolute Gasteiger partial charge is 0.132 e. The van der Waals surface area contributed by atoms with Crippen molar-refractivity contribution >= 4 is 59.3 Å². The molecule has 0 fully saturated rings. The van der Waals surface area contributed by atoms with Crippen LogP contribution >= 0.6 is 15.9 Å². The Kier molecular flexibility index (Phi) is 12.7. The van der Waals surface area contributed by atoms with E-state index in [2.05, 4.69) is 135 Å². The largest absolute Gasteiger partial charge is 0.354 e. The predicted octanol–water partition coefficient (Wildman–Crippen LogP) is 21.7. The third-order valence-corrected chi connectivity index (χ3v) is 16.1. The molecule has 0 atom stereocenters. The maximum Gasteiger partial charge on any atom is 0.132 e. The van der Waals surface area contributed by atoms with Gasteiger partial charge in [0, 0.05) is 59.5 Å². The van der Waals surface area contributed by atoms with E-state index in [9.17, 15) is 8.78 Å². The lowest BCUT2D eigenvalue weighted by Gasteiger charge is -2.17. The highest BCUT2D eigenvalue weighted by atomic mass is 79.9. The van der Waals surface area contributed by atoms with Crippen molar-refractivity contribution in [2.45, 2.75) is 7.43 Å². The fourth-order valence-electron chi connectivity index (χ4n) is 12.0. The van der Waals surface area contributed by atoms with Crippen molar-refractivity contribution in [1.82, 2.24) is 9.55 Å². The summed E-state index contributed by atoms with van der Waals surface area (Å²) < 4.78 is 63.0. The van der Waals surface area contributed by atoms with E-state index >= 15 is 8.78 Å². The Bertz CT molecular complexity index is 4700. The second-order valence-corrected chi connectivity index (χ2v) is 20.5. The lowest BCUT2D eigenvalue weighted by atomic mass is 9.97. The molecule has 80 heavy (non-hydrogen) atoms. The van der Waals surface area contributed by atoms with E-state index in [1.165, 1.54) is 89.4 Å². The molecule has 0 radical (unpaired) electrons. The summed E-state index contributed by atoms with van der Waals surface area (Å²) in [5.41, 5.74) is 17.3. The third-order valence-electron chi connectivity index (χ3n) is 15.4. The highest BCUT2D eigenvalue weighted by Crippen LogP contribution is 2.52. The van der Waals surface area contributed by atoms with E-state index in [-0.39, 0.29) is 30.7 Å². The van der Waals surface area contributed by atoms with Gasteiger partial charge in [-0.1, -0.05) is 217 Å². The first kappa shape index (κ1) is 50.0. The average molecular weight is 1110 g/mol. The molecule has 14 aromatic rings. The molecule has 384 valence electrons. The van der Waals surface area contributed by atoms with Crippen LogP contribution in [-0.2, 0) is 0 Å². The molecule has 12 aromatic carbocycles. The minimum Gasteiger partial charge on any atom is -0.354 e. The van der Waals surface area contributed by atoms with Gasteiger partial charge in [0.2, 0.25) is 0 Å². The summed E-state index contributed by atoms with van der Waals surface area (Å²) in [7, 11) is 0. The number of nitrogens with one attached hydrogen (secondary N) is 1. The second kappa shape index (κ2) is 20.3. The fraction of sp³-hybridized carbons (Fsp3) is 0.0137. The Labute approximate surface area is 468 Å².